The molecule has 0 atom stereocenters. The highest BCUT2D eigenvalue weighted by Crippen LogP contribution is 2.19. The van der Waals surface area contributed by atoms with Gasteiger partial charge in [-0.05, 0) is 25.1 Å². The molecule has 0 radical (unpaired) electrons. The van der Waals surface area contributed by atoms with Gasteiger partial charge in [-0.15, -0.1) is 0 Å². The molecule has 0 amide bonds. The summed E-state index contributed by atoms with van der Waals surface area (Å²) in [5.74, 6) is 0.276. The molecule has 0 spiro atoms. The van der Waals surface area contributed by atoms with Crippen LogP contribution in [-0.2, 0) is 11.3 Å². The summed E-state index contributed by atoms with van der Waals surface area (Å²) in [6.45, 7) is 2.54. The lowest BCUT2D eigenvalue weighted by molar-refractivity contribution is 0.0527. The second-order valence-electron chi connectivity index (χ2n) is 3.85. The van der Waals surface area contributed by atoms with Gasteiger partial charge in [0.2, 0.25) is 0 Å². The Morgan fingerprint density at radius 1 is 1.47 bits per heavy atom. The Kier molecular flexibility index (Phi) is 4.02. The van der Waals surface area contributed by atoms with Crippen LogP contribution in [0.25, 0.3) is 0 Å². The standard InChI is InChI=1S/C13H15N3O3/c1-2-18-13(17)11-7-9(3-4-12(11)14)15-8-10-5-6-16-19-10/h3-7,15H,2,8,14H2,1H3. The predicted molar refractivity (Wildman–Crippen MR) is 70.6 cm³/mol. The Morgan fingerprint density at radius 2 is 2.32 bits per heavy atom. The number of ether oxygens (including phenoxy) is 1. The number of rotatable bonds is 5. The first kappa shape index (κ1) is 12.9. The summed E-state index contributed by atoms with van der Waals surface area (Å²) in [4.78, 5) is 11.7. The minimum atomic E-state index is -0.427. The summed E-state index contributed by atoms with van der Waals surface area (Å²) >= 11 is 0. The fraction of sp³-hybridized carbons (Fsp3) is 0.231. The van der Waals surface area contributed by atoms with E-state index in [9.17, 15) is 4.79 Å². The zero-order chi connectivity index (χ0) is 13.7. The van der Waals surface area contributed by atoms with Crippen LogP contribution in [-0.4, -0.2) is 17.7 Å². The number of nitrogens with zero attached hydrogens (tertiary/aromatic N) is 1. The van der Waals surface area contributed by atoms with Gasteiger partial charge >= 0.3 is 5.97 Å². The number of anilines is 2. The normalized spacial score (nSPS) is 10.2. The van der Waals surface area contributed by atoms with Crippen LogP contribution in [0.3, 0.4) is 0 Å². The van der Waals surface area contributed by atoms with Crippen LogP contribution in [0.5, 0.6) is 0 Å². The van der Waals surface area contributed by atoms with Crippen LogP contribution >= 0.6 is 0 Å². The Morgan fingerprint density at radius 3 is 3.00 bits per heavy atom. The molecule has 2 rings (SSSR count). The van der Waals surface area contributed by atoms with E-state index >= 15 is 0 Å². The minimum absolute atomic E-state index is 0.313. The van der Waals surface area contributed by atoms with Crippen LogP contribution in [0.1, 0.15) is 23.0 Å². The van der Waals surface area contributed by atoms with E-state index in [-0.39, 0.29) is 0 Å². The molecule has 1 aromatic carbocycles. The highest BCUT2D eigenvalue weighted by molar-refractivity contribution is 5.96. The van der Waals surface area contributed by atoms with Gasteiger partial charge in [0.05, 0.1) is 24.9 Å². The van der Waals surface area contributed by atoms with Crippen molar-refractivity contribution in [3.8, 4) is 0 Å². The number of nitrogen functional groups attached to an aromatic ring is 1. The lowest BCUT2D eigenvalue weighted by Gasteiger charge is -2.09. The molecule has 1 aromatic heterocycles. The third kappa shape index (κ3) is 3.25. The second kappa shape index (κ2) is 5.90. The van der Waals surface area contributed by atoms with Crippen molar-refractivity contribution in [1.29, 1.82) is 0 Å². The van der Waals surface area contributed by atoms with Crippen molar-refractivity contribution < 1.29 is 14.1 Å². The number of benzene rings is 1. The van der Waals surface area contributed by atoms with E-state index in [1.54, 1.807) is 37.4 Å². The summed E-state index contributed by atoms with van der Waals surface area (Å²) in [7, 11) is 0. The molecule has 6 heteroatoms. The number of carbonyl (C=O) groups excluding carboxylic acids is 1. The molecule has 1 heterocycles. The number of hydrogen-bond donors (Lipinski definition) is 2. The fourth-order valence-electron chi connectivity index (χ4n) is 1.57. The van der Waals surface area contributed by atoms with Gasteiger partial charge in [-0.1, -0.05) is 5.16 Å². The molecule has 2 aromatic rings. The van der Waals surface area contributed by atoms with E-state index in [1.807, 2.05) is 0 Å². The molecule has 0 saturated heterocycles. The Balaban J connectivity index is 2.09. The Hall–Kier alpha value is -2.50. The molecule has 100 valence electrons. The molecule has 0 saturated carbocycles. The van der Waals surface area contributed by atoms with E-state index in [4.69, 9.17) is 15.0 Å². The van der Waals surface area contributed by atoms with Crippen molar-refractivity contribution in [2.45, 2.75) is 13.5 Å². The summed E-state index contributed by atoms with van der Waals surface area (Å²) in [5.41, 5.74) is 7.26. The van der Waals surface area contributed by atoms with E-state index < -0.39 is 5.97 Å². The summed E-state index contributed by atoms with van der Waals surface area (Å²) in [6.07, 6.45) is 1.57. The number of nitrogens with one attached hydrogen (secondary N) is 1. The third-order valence-electron chi connectivity index (χ3n) is 2.51. The predicted octanol–water partition coefficient (Wildman–Crippen LogP) is 2.05. The van der Waals surface area contributed by atoms with Crippen LogP contribution in [0.4, 0.5) is 11.4 Å². The third-order valence-corrected chi connectivity index (χ3v) is 2.51. The maximum absolute atomic E-state index is 11.7. The number of nitrogens with two attached hydrogens (primary N) is 1. The van der Waals surface area contributed by atoms with E-state index in [0.717, 1.165) is 5.69 Å². The first-order valence-corrected chi connectivity index (χ1v) is 5.90. The monoisotopic (exact) mass is 261 g/mol. The van der Waals surface area contributed by atoms with Crippen LogP contribution in [0.15, 0.2) is 35.0 Å². The highest BCUT2D eigenvalue weighted by Gasteiger charge is 2.11. The van der Waals surface area contributed by atoms with E-state index in [1.165, 1.54) is 0 Å². The SMILES string of the molecule is CCOC(=O)c1cc(NCc2ccno2)ccc1N. The highest BCUT2D eigenvalue weighted by atomic mass is 16.5. The molecule has 0 unspecified atom stereocenters. The fourth-order valence-corrected chi connectivity index (χ4v) is 1.57. The maximum atomic E-state index is 11.7. The van der Waals surface area contributed by atoms with E-state index in [2.05, 4.69) is 10.5 Å². The van der Waals surface area contributed by atoms with Crippen LogP contribution < -0.4 is 11.1 Å². The lowest BCUT2D eigenvalue weighted by Crippen LogP contribution is -2.09. The molecule has 0 bridgehead atoms. The Bertz CT molecular complexity index is 552. The topological polar surface area (TPSA) is 90.4 Å². The number of hydrogen-bond acceptors (Lipinski definition) is 6. The smallest absolute Gasteiger partial charge is 0.340 e. The molecule has 0 aliphatic heterocycles. The molecule has 0 aliphatic carbocycles. The largest absolute Gasteiger partial charge is 0.462 e. The molecule has 0 fully saturated rings. The first-order chi connectivity index (χ1) is 9.20. The first-order valence-electron chi connectivity index (χ1n) is 5.90. The molecule has 19 heavy (non-hydrogen) atoms. The van der Waals surface area contributed by atoms with Crippen molar-refractivity contribution in [2.24, 2.45) is 0 Å². The molecule has 0 aliphatic rings. The maximum Gasteiger partial charge on any atom is 0.340 e. The molecular formula is C13H15N3O3. The van der Waals surface area contributed by atoms with Gasteiger partial charge < -0.3 is 20.3 Å². The van der Waals surface area contributed by atoms with Crippen molar-refractivity contribution in [2.75, 3.05) is 17.7 Å². The number of esters is 1. The van der Waals surface area contributed by atoms with Crippen molar-refractivity contribution >= 4 is 17.3 Å². The van der Waals surface area contributed by atoms with Gasteiger partial charge in [-0.2, -0.15) is 0 Å². The van der Waals surface area contributed by atoms with Gasteiger partial charge in [0.15, 0.2) is 5.76 Å². The van der Waals surface area contributed by atoms with Gasteiger partial charge in [-0.3, -0.25) is 0 Å². The van der Waals surface area contributed by atoms with Gasteiger partial charge in [0.1, 0.15) is 0 Å². The minimum Gasteiger partial charge on any atom is -0.462 e. The quantitative estimate of drug-likeness (QED) is 0.632. The second-order valence-corrected chi connectivity index (χ2v) is 3.85. The van der Waals surface area contributed by atoms with Crippen molar-refractivity contribution in [1.82, 2.24) is 5.16 Å². The Labute approximate surface area is 110 Å². The average Bonchev–Trinajstić information content (AvgIpc) is 2.91. The van der Waals surface area contributed by atoms with Gasteiger partial charge in [-0.25, -0.2) is 4.79 Å². The molecule has 3 N–H and O–H groups in total. The number of carbonyl (C=O) groups is 1. The van der Waals surface area contributed by atoms with Gasteiger partial charge in [0, 0.05) is 17.4 Å². The van der Waals surface area contributed by atoms with Crippen LogP contribution in [0, 0.1) is 0 Å². The average molecular weight is 261 g/mol. The molecular weight excluding hydrogens is 246 g/mol. The number of aromatic nitrogens is 1. The van der Waals surface area contributed by atoms with Crippen molar-refractivity contribution in [3.05, 3.63) is 41.8 Å². The summed E-state index contributed by atoms with van der Waals surface area (Å²) in [6, 6.07) is 6.86. The zero-order valence-corrected chi connectivity index (χ0v) is 10.6. The van der Waals surface area contributed by atoms with Crippen molar-refractivity contribution in [3.63, 3.8) is 0 Å². The van der Waals surface area contributed by atoms with Gasteiger partial charge in [0.25, 0.3) is 0 Å². The van der Waals surface area contributed by atoms with Crippen LogP contribution in [0.2, 0.25) is 0 Å². The lowest BCUT2D eigenvalue weighted by atomic mass is 10.1. The van der Waals surface area contributed by atoms with E-state index in [0.29, 0.717) is 30.2 Å². The summed E-state index contributed by atoms with van der Waals surface area (Å²) < 4.78 is 9.91. The zero-order valence-electron chi connectivity index (χ0n) is 10.6. The summed E-state index contributed by atoms with van der Waals surface area (Å²) in [5, 5.41) is 6.72. The molecule has 6 nitrogen and oxygen atoms in total.